The Kier molecular flexibility index (Phi) is 4.06. The van der Waals surface area contributed by atoms with Gasteiger partial charge in [0.25, 0.3) is 10.0 Å². The molecule has 102 valence electrons. The fourth-order valence-corrected chi connectivity index (χ4v) is 3.07. The smallest absolute Gasteiger partial charge is 0.264 e. The number of anilines is 1. The van der Waals surface area contributed by atoms with Gasteiger partial charge in [0.05, 0.1) is 11.3 Å². The third-order valence-electron chi connectivity index (χ3n) is 2.47. The van der Waals surface area contributed by atoms with Crippen LogP contribution in [-0.2, 0) is 10.0 Å². The van der Waals surface area contributed by atoms with Gasteiger partial charge in [0.15, 0.2) is 0 Å². The number of nitriles is 1. The summed E-state index contributed by atoms with van der Waals surface area (Å²) >= 11 is 3.19. The summed E-state index contributed by atoms with van der Waals surface area (Å²) in [6.07, 6.45) is 0. The van der Waals surface area contributed by atoms with E-state index < -0.39 is 20.7 Å². The monoisotopic (exact) mass is 354 g/mol. The number of nitrogens with zero attached hydrogens (tertiary/aromatic N) is 1. The van der Waals surface area contributed by atoms with E-state index in [4.69, 9.17) is 5.26 Å². The van der Waals surface area contributed by atoms with Crippen molar-refractivity contribution in [3.8, 4) is 6.07 Å². The molecule has 20 heavy (non-hydrogen) atoms. The number of hydrogen-bond acceptors (Lipinski definition) is 3. The van der Waals surface area contributed by atoms with Crippen LogP contribution in [0.5, 0.6) is 0 Å². The van der Waals surface area contributed by atoms with Crippen molar-refractivity contribution in [3.05, 3.63) is 58.3 Å². The maximum Gasteiger partial charge on any atom is 0.264 e. The third-order valence-corrected chi connectivity index (χ3v) is 4.36. The Morgan fingerprint density at radius 3 is 2.55 bits per heavy atom. The summed E-state index contributed by atoms with van der Waals surface area (Å²) in [6, 6.07) is 11.4. The van der Waals surface area contributed by atoms with Gasteiger partial charge < -0.3 is 0 Å². The molecule has 0 amide bonds. The quantitative estimate of drug-likeness (QED) is 0.919. The van der Waals surface area contributed by atoms with Gasteiger partial charge in [-0.1, -0.05) is 28.1 Å². The highest BCUT2D eigenvalue weighted by Gasteiger charge is 2.20. The molecule has 0 heterocycles. The second-order valence-corrected chi connectivity index (χ2v) is 6.40. The molecular formula is C13H8BrFN2O2S. The lowest BCUT2D eigenvalue weighted by molar-refractivity contribution is 0.570. The van der Waals surface area contributed by atoms with Gasteiger partial charge >= 0.3 is 0 Å². The van der Waals surface area contributed by atoms with Crippen LogP contribution in [0.3, 0.4) is 0 Å². The number of halogens is 2. The predicted octanol–water partition coefficient (Wildman–Crippen LogP) is 3.26. The summed E-state index contributed by atoms with van der Waals surface area (Å²) in [5.41, 5.74) is 0.234. The summed E-state index contributed by atoms with van der Waals surface area (Å²) in [6.45, 7) is 0. The van der Waals surface area contributed by atoms with Crippen LogP contribution in [0.2, 0.25) is 0 Å². The average molecular weight is 355 g/mol. The minimum atomic E-state index is -4.09. The lowest BCUT2D eigenvalue weighted by Crippen LogP contribution is -2.15. The first-order chi connectivity index (χ1) is 9.44. The second-order valence-electron chi connectivity index (χ2n) is 3.84. The first kappa shape index (κ1) is 14.5. The zero-order valence-corrected chi connectivity index (χ0v) is 12.4. The van der Waals surface area contributed by atoms with Crippen molar-refractivity contribution >= 4 is 31.6 Å². The molecule has 0 saturated heterocycles. The molecule has 1 N–H and O–H groups in total. The van der Waals surface area contributed by atoms with Crippen LogP contribution in [0.4, 0.5) is 10.1 Å². The Labute approximate surface area is 124 Å². The van der Waals surface area contributed by atoms with E-state index in [1.165, 1.54) is 24.3 Å². The Bertz CT molecular complexity index is 800. The normalized spacial score (nSPS) is 10.8. The van der Waals surface area contributed by atoms with Crippen LogP contribution >= 0.6 is 15.9 Å². The fraction of sp³-hybridized carbons (Fsp3) is 0. The number of benzene rings is 2. The molecular weight excluding hydrogens is 347 g/mol. The standard InChI is InChI=1S/C13H8BrFN2O2S/c14-10-6-5-9(8-16)12(7-10)17-20(18,19)13-4-2-1-3-11(13)15/h1-7,17H. The largest absolute Gasteiger partial charge is 0.278 e. The van der Waals surface area contributed by atoms with Gasteiger partial charge in [-0.25, -0.2) is 12.8 Å². The van der Waals surface area contributed by atoms with Gasteiger partial charge in [-0.2, -0.15) is 5.26 Å². The Hall–Kier alpha value is -1.91. The highest BCUT2D eigenvalue weighted by molar-refractivity contribution is 9.10. The predicted molar refractivity (Wildman–Crippen MR) is 76.1 cm³/mol. The van der Waals surface area contributed by atoms with E-state index in [0.717, 1.165) is 12.1 Å². The fourth-order valence-electron chi connectivity index (χ4n) is 1.56. The van der Waals surface area contributed by atoms with Crippen molar-refractivity contribution in [2.45, 2.75) is 4.90 Å². The Balaban J connectivity index is 2.47. The van der Waals surface area contributed by atoms with Gasteiger partial charge in [0.1, 0.15) is 16.8 Å². The van der Waals surface area contributed by atoms with Crippen molar-refractivity contribution in [2.75, 3.05) is 4.72 Å². The third kappa shape index (κ3) is 2.98. The summed E-state index contributed by atoms with van der Waals surface area (Å²) < 4.78 is 40.6. The molecule has 0 unspecified atom stereocenters. The van der Waals surface area contributed by atoms with Crippen LogP contribution in [0.1, 0.15) is 5.56 Å². The molecule has 0 aliphatic rings. The molecule has 7 heteroatoms. The van der Waals surface area contributed by atoms with Gasteiger partial charge in [0.2, 0.25) is 0 Å². The van der Waals surface area contributed by atoms with E-state index in [2.05, 4.69) is 20.7 Å². The molecule has 0 radical (unpaired) electrons. The zero-order valence-electron chi connectivity index (χ0n) is 9.97. The molecule has 0 atom stereocenters. The molecule has 0 spiro atoms. The summed E-state index contributed by atoms with van der Waals surface area (Å²) in [7, 11) is -4.09. The number of hydrogen-bond donors (Lipinski definition) is 1. The number of rotatable bonds is 3. The number of sulfonamides is 1. The Morgan fingerprint density at radius 2 is 1.90 bits per heavy atom. The summed E-state index contributed by atoms with van der Waals surface area (Å²) in [4.78, 5) is -0.469. The van der Waals surface area contributed by atoms with E-state index in [9.17, 15) is 12.8 Å². The van der Waals surface area contributed by atoms with Gasteiger partial charge in [-0.15, -0.1) is 0 Å². The van der Waals surface area contributed by atoms with E-state index in [0.29, 0.717) is 4.47 Å². The van der Waals surface area contributed by atoms with Crippen LogP contribution in [0.25, 0.3) is 0 Å². The highest BCUT2D eigenvalue weighted by atomic mass is 79.9. The molecule has 4 nitrogen and oxygen atoms in total. The molecule has 0 aliphatic carbocycles. The topological polar surface area (TPSA) is 70.0 Å². The first-order valence-electron chi connectivity index (χ1n) is 5.41. The van der Waals surface area contributed by atoms with Crippen molar-refractivity contribution in [1.82, 2.24) is 0 Å². The van der Waals surface area contributed by atoms with E-state index >= 15 is 0 Å². The molecule has 2 rings (SSSR count). The average Bonchev–Trinajstić information content (AvgIpc) is 2.39. The minimum absolute atomic E-state index is 0.0881. The van der Waals surface area contributed by atoms with Gasteiger partial charge in [-0.05, 0) is 30.3 Å². The maximum absolute atomic E-state index is 13.6. The SMILES string of the molecule is N#Cc1ccc(Br)cc1NS(=O)(=O)c1ccccc1F. The minimum Gasteiger partial charge on any atom is -0.278 e. The lowest BCUT2D eigenvalue weighted by Gasteiger charge is -2.10. The van der Waals surface area contributed by atoms with Crippen molar-refractivity contribution in [2.24, 2.45) is 0 Å². The zero-order chi connectivity index (χ0) is 14.8. The molecule has 2 aromatic carbocycles. The van der Waals surface area contributed by atoms with Gasteiger partial charge in [0, 0.05) is 4.47 Å². The van der Waals surface area contributed by atoms with Crippen molar-refractivity contribution < 1.29 is 12.8 Å². The molecule has 0 bridgehead atoms. The van der Waals surface area contributed by atoms with Gasteiger partial charge in [-0.3, -0.25) is 4.72 Å². The van der Waals surface area contributed by atoms with Crippen LogP contribution in [0, 0.1) is 17.1 Å². The molecule has 0 saturated carbocycles. The second kappa shape index (κ2) is 5.61. The van der Waals surface area contributed by atoms with E-state index in [-0.39, 0.29) is 11.3 Å². The summed E-state index contributed by atoms with van der Waals surface area (Å²) in [5, 5.41) is 8.96. The van der Waals surface area contributed by atoms with Crippen LogP contribution < -0.4 is 4.72 Å². The molecule has 0 aliphatic heterocycles. The molecule has 0 aromatic heterocycles. The van der Waals surface area contributed by atoms with E-state index in [1.54, 1.807) is 6.07 Å². The molecule has 0 fully saturated rings. The number of nitrogens with one attached hydrogen (secondary N) is 1. The molecule has 2 aromatic rings. The first-order valence-corrected chi connectivity index (χ1v) is 7.68. The van der Waals surface area contributed by atoms with E-state index in [1.807, 2.05) is 6.07 Å². The maximum atomic E-state index is 13.6. The summed E-state index contributed by atoms with van der Waals surface area (Å²) in [5.74, 6) is -0.853. The van der Waals surface area contributed by atoms with Crippen molar-refractivity contribution in [3.63, 3.8) is 0 Å². The van der Waals surface area contributed by atoms with Crippen LogP contribution in [0.15, 0.2) is 51.8 Å². The Morgan fingerprint density at radius 1 is 1.20 bits per heavy atom. The van der Waals surface area contributed by atoms with Crippen LogP contribution in [-0.4, -0.2) is 8.42 Å². The highest BCUT2D eigenvalue weighted by Crippen LogP contribution is 2.24. The lowest BCUT2D eigenvalue weighted by atomic mass is 10.2. The van der Waals surface area contributed by atoms with Crippen molar-refractivity contribution in [1.29, 1.82) is 5.26 Å².